The lowest BCUT2D eigenvalue weighted by molar-refractivity contribution is -0.188. The van der Waals surface area contributed by atoms with Crippen molar-refractivity contribution in [3.05, 3.63) is 0 Å². The Bertz CT molecular complexity index is 257. The number of amides is 1. The second kappa shape index (κ2) is 5.25. The Morgan fingerprint density at radius 3 is 2.69 bits per heavy atom. The highest BCUT2D eigenvalue weighted by molar-refractivity contribution is 6.30. The van der Waals surface area contributed by atoms with Crippen molar-refractivity contribution in [1.82, 2.24) is 4.90 Å². The summed E-state index contributed by atoms with van der Waals surface area (Å²) in [5.74, 6) is -1.77. The summed E-state index contributed by atoms with van der Waals surface area (Å²) in [5.41, 5.74) is 0. The molecule has 1 aliphatic heterocycles. The minimum atomic E-state index is -4.22. The van der Waals surface area contributed by atoms with Gasteiger partial charge in [0.1, 0.15) is 5.38 Å². The number of likely N-dealkylation sites (tertiary alicyclic amines) is 1. The Morgan fingerprint density at radius 1 is 1.56 bits per heavy atom. The van der Waals surface area contributed by atoms with Gasteiger partial charge in [-0.15, -0.1) is 11.6 Å². The molecule has 1 heterocycles. The average Bonchev–Trinajstić information content (AvgIpc) is 2.26. The van der Waals surface area contributed by atoms with Gasteiger partial charge >= 0.3 is 6.18 Å². The molecule has 0 spiro atoms. The molecular formula is C10H15ClF3NO. The van der Waals surface area contributed by atoms with Crippen LogP contribution in [-0.2, 0) is 4.79 Å². The van der Waals surface area contributed by atoms with E-state index >= 15 is 0 Å². The zero-order valence-corrected chi connectivity index (χ0v) is 9.81. The summed E-state index contributed by atoms with van der Waals surface area (Å²) in [5, 5.41) is -0.702. The number of alkyl halides is 4. The molecule has 0 aromatic heterocycles. The first-order valence-electron chi connectivity index (χ1n) is 5.35. The average molecular weight is 258 g/mol. The van der Waals surface area contributed by atoms with E-state index in [-0.39, 0.29) is 18.9 Å². The summed E-state index contributed by atoms with van der Waals surface area (Å²) in [6, 6.07) is 0. The molecule has 0 aromatic carbocycles. The monoisotopic (exact) mass is 257 g/mol. The molecule has 94 valence electrons. The minimum absolute atomic E-state index is 0.104. The Labute approximate surface area is 97.7 Å². The van der Waals surface area contributed by atoms with Crippen molar-refractivity contribution in [3.8, 4) is 0 Å². The van der Waals surface area contributed by atoms with Gasteiger partial charge in [0, 0.05) is 13.1 Å². The third-order valence-corrected chi connectivity index (χ3v) is 3.32. The summed E-state index contributed by atoms with van der Waals surface area (Å²) in [6.45, 7) is 1.88. The number of halogens is 4. The highest BCUT2D eigenvalue weighted by Crippen LogP contribution is 2.33. The molecule has 0 N–H and O–H groups in total. The van der Waals surface area contributed by atoms with Gasteiger partial charge in [0.25, 0.3) is 0 Å². The van der Waals surface area contributed by atoms with Gasteiger partial charge in [-0.25, -0.2) is 0 Å². The Balaban J connectivity index is 2.60. The first-order valence-corrected chi connectivity index (χ1v) is 5.79. The first kappa shape index (κ1) is 13.6. The van der Waals surface area contributed by atoms with Crippen molar-refractivity contribution in [3.63, 3.8) is 0 Å². The maximum atomic E-state index is 12.5. The van der Waals surface area contributed by atoms with E-state index in [0.717, 1.165) is 0 Å². The van der Waals surface area contributed by atoms with Crippen molar-refractivity contribution < 1.29 is 18.0 Å². The zero-order valence-electron chi connectivity index (χ0n) is 9.06. The van der Waals surface area contributed by atoms with Crippen LogP contribution in [0.4, 0.5) is 13.2 Å². The molecule has 0 aromatic rings. The van der Waals surface area contributed by atoms with Crippen LogP contribution < -0.4 is 0 Å². The Hall–Kier alpha value is -0.450. The van der Waals surface area contributed by atoms with Gasteiger partial charge in [-0.05, 0) is 19.3 Å². The Kier molecular flexibility index (Phi) is 4.47. The van der Waals surface area contributed by atoms with Gasteiger partial charge in [0.2, 0.25) is 5.91 Å². The lowest BCUT2D eigenvalue weighted by atomic mass is 9.97. The lowest BCUT2D eigenvalue weighted by Gasteiger charge is -2.34. The first-order chi connectivity index (χ1) is 7.36. The smallest absolute Gasteiger partial charge is 0.341 e. The van der Waals surface area contributed by atoms with Crippen LogP contribution in [0.1, 0.15) is 26.2 Å². The SMILES string of the molecule is CC[C@H](Cl)C(=O)N1CCC[C@H](C(F)(F)F)C1. The molecule has 2 nitrogen and oxygen atoms in total. The lowest BCUT2D eigenvalue weighted by Crippen LogP contribution is -2.47. The van der Waals surface area contributed by atoms with Crippen LogP contribution in [0, 0.1) is 5.92 Å². The maximum Gasteiger partial charge on any atom is 0.393 e. The number of rotatable bonds is 2. The van der Waals surface area contributed by atoms with Crippen LogP contribution >= 0.6 is 11.6 Å². The minimum Gasteiger partial charge on any atom is -0.341 e. The van der Waals surface area contributed by atoms with Crippen LogP contribution in [0.25, 0.3) is 0 Å². The van der Waals surface area contributed by atoms with E-state index < -0.39 is 17.5 Å². The van der Waals surface area contributed by atoms with Crippen molar-refractivity contribution in [2.24, 2.45) is 5.92 Å². The van der Waals surface area contributed by atoms with Crippen molar-refractivity contribution in [2.75, 3.05) is 13.1 Å². The molecule has 6 heteroatoms. The molecule has 1 fully saturated rings. The van der Waals surface area contributed by atoms with Crippen LogP contribution in [0.15, 0.2) is 0 Å². The fourth-order valence-corrected chi connectivity index (χ4v) is 1.96. The van der Waals surface area contributed by atoms with Gasteiger partial charge in [-0.2, -0.15) is 13.2 Å². The molecule has 1 aliphatic rings. The van der Waals surface area contributed by atoms with E-state index in [1.807, 2.05) is 0 Å². The highest BCUT2D eigenvalue weighted by atomic mass is 35.5. The summed E-state index contributed by atoms with van der Waals surface area (Å²) < 4.78 is 37.5. The normalized spacial score (nSPS) is 24.3. The third kappa shape index (κ3) is 3.27. The molecule has 0 radical (unpaired) electrons. The van der Waals surface area contributed by atoms with E-state index in [0.29, 0.717) is 19.4 Å². The Morgan fingerprint density at radius 2 is 2.19 bits per heavy atom. The molecule has 0 saturated carbocycles. The van der Waals surface area contributed by atoms with E-state index in [4.69, 9.17) is 11.6 Å². The van der Waals surface area contributed by atoms with Crippen LogP contribution in [0.2, 0.25) is 0 Å². The van der Waals surface area contributed by atoms with E-state index in [2.05, 4.69) is 0 Å². The number of nitrogens with zero attached hydrogens (tertiary/aromatic N) is 1. The van der Waals surface area contributed by atoms with Crippen molar-refractivity contribution in [2.45, 2.75) is 37.7 Å². The van der Waals surface area contributed by atoms with Gasteiger partial charge in [-0.1, -0.05) is 6.92 Å². The van der Waals surface area contributed by atoms with Gasteiger partial charge in [-0.3, -0.25) is 4.79 Å². The molecular weight excluding hydrogens is 243 g/mol. The van der Waals surface area contributed by atoms with Gasteiger partial charge in [0.05, 0.1) is 5.92 Å². The number of carbonyl (C=O) groups excluding carboxylic acids is 1. The fraction of sp³-hybridized carbons (Fsp3) is 0.900. The molecule has 2 atom stereocenters. The largest absolute Gasteiger partial charge is 0.393 e. The summed E-state index contributed by atoms with van der Waals surface area (Å²) in [7, 11) is 0. The predicted octanol–water partition coefficient (Wildman–Crippen LogP) is 2.80. The van der Waals surface area contributed by atoms with E-state index in [9.17, 15) is 18.0 Å². The maximum absolute atomic E-state index is 12.5. The van der Waals surface area contributed by atoms with Gasteiger partial charge < -0.3 is 4.90 Å². The van der Waals surface area contributed by atoms with Gasteiger partial charge in [0.15, 0.2) is 0 Å². The number of carbonyl (C=O) groups is 1. The summed E-state index contributed by atoms with van der Waals surface area (Å²) in [4.78, 5) is 12.9. The molecule has 1 rings (SSSR count). The third-order valence-electron chi connectivity index (χ3n) is 2.82. The zero-order chi connectivity index (χ0) is 12.3. The molecule has 16 heavy (non-hydrogen) atoms. The molecule has 0 aliphatic carbocycles. The number of hydrogen-bond acceptors (Lipinski definition) is 1. The predicted molar refractivity (Wildman–Crippen MR) is 55.3 cm³/mol. The highest BCUT2D eigenvalue weighted by Gasteiger charge is 2.43. The molecule has 1 amide bonds. The second-order valence-corrected chi connectivity index (χ2v) is 4.57. The standard InChI is InChI=1S/C10H15ClF3NO/c1-2-8(11)9(16)15-5-3-4-7(6-15)10(12,13)14/h7-8H,2-6H2,1H3/t7-,8-/m0/s1. The van der Waals surface area contributed by atoms with Crippen LogP contribution in [0.5, 0.6) is 0 Å². The molecule has 0 unspecified atom stereocenters. The van der Waals surface area contributed by atoms with E-state index in [1.54, 1.807) is 6.92 Å². The number of hydrogen-bond donors (Lipinski definition) is 0. The summed E-state index contributed by atoms with van der Waals surface area (Å²) in [6.07, 6.45) is -3.28. The quantitative estimate of drug-likeness (QED) is 0.697. The van der Waals surface area contributed by atoms with Crippen LogP contribution in [0.3, 0.4) is 0 Å². The molecule has 1 saturated heterocycles. The van der Waals surface area contributed by atoms with Crippen LogP contribution in [-0.4, -0.2) is 35.4 Å². The number of piperidine rings is 1. The topological polar surface area (TPSA) is 20.3 Å². The van der Waals surface area contributed by atoms with E-state index in [1.165, 1.54) is 4.90 Å². The molecule has 0 bridgehead atoms. The van der Waals surface area contributed by atoms with Crippen molar-refractivity contribution in [1.29, 1.82) is 0 Å². The second-order valence-electron chi connectivity index (χ2n) is 4.04. The fourth-order valence-electron chi connectivity index (χ4n) is 1.82. The summed E-state index contributed by atoms with van der Waals surface area (Å²) >= 11 is 5.74. The van der Waals surface area contributed by atoms with Crippen molar-refractivity contribution >= 4 is 17.5 Å².